The summed E-state index contributed by atoms with van der Waals surface area (Å²) in [5.41, 5.74) is 1.25. The van der Waals surface area contributed by atoms with Crippen LogP contribution in [0.4, 0.5) is 4.39 Å². The summed E-state index contributed by atoms with van der Waals surface area (Å²) in [6.07, 6.45) is 0. The highest BCUT2D eigenvalue weighted by molar-refractivity contribution is 5.59. The van der Waals surface area contributed by atoms with Crippen molar-refractivity contribution in [2.45, 2.75) is 0 Å². The van der Waals surface area contributed by atoms with E-state index in [4.69, 9.17) is 0 Å². The number of halogens is 1. The molecule has 75 valence electrons. The minimum absolute atomic E-state index is 0.110. The first kappa shape index (κ1) is 9.65. The second-order valence-corrected chi connectivity index (χ2v) is 3.23. The summed E-state index contributed by atoms with van der Waals surface area (Å²) in [5.74, 6) is -0.427. The molecule has 0 fully saturated rings. The Morgan fingerprint density at radius 3 is 2.87 bits per heavy atom. The molecule has 0 saturated heterocycles. The third-order valence-electron chi connectivity index (χ3n) is 2.25. The zero-order valence-electron chi connectivity index (χ0n) is 8.20. The molecule has 1 aromatic heterocycles. The van der Waals surface area contributed by atoms with Gasteiger partial charge in [-0.25, -0.2) is 4.39 Å². The van der Waals surface area contributed by atoms with Crippen molar-refractivity contribution < 1.29 is 4.39 Å². The molecule has 1 aromatic carbocycles. The highest BCUT2D eigenvalue weighted by Crippen LogP contribution is 2.17. The number of hydrogen-bond acceptors (Lipinski definition) is 1. The highest BCUT2D eigenvalue weighted by atomic mass is 19.1. The first-order valence-corrected chi connectivity index (χ1v) is 4.52. The second kappa shape index (κ2) is 3.69. The van der Waals surface area contributed by atoms with Crippen molar-refractivity contribution in [3.63, 3.8) is 0 Å². The molecule has 0 aliphatic heterocycles. The van der Waals surface area contributed by atoms with Gasteiger partial charge in [-0.3, -0.25) is 4.79 Å². The minimum atomic E-state index is -0.427. The monoisotopic (exact) mass is 202 g/mol. The van der Waals surface area contributed by atoms with Crippen LogP contribution in [0.25, 0.3) is 11.3 Å². The lowest BCUT2D eigenvalue weighted by atomic mass is 10.1. The van der Waals surface area contributed by atoms with E-state index in [1.54, 1.807) is 25.2 Å². The lowest BCUT2D eigenvalue weighted by Gasteiger charge is -2.06. The van der Waals surface area contributed by atoms with Gasteiger partial charge < -0.3 is 4.57 Å². The van der Waals surface area contributed by atoms with Crippen LogP contribution >= 0.6 is 0 Å². The van der Waals surface area contributed by atoms with Gasteiger partial charge in [0.2, 0.25) is 0 Å². The Morgan fingerprint density at radius 2 is 2.13 bits per heavy atom. The standard InChI is InChI=1S/C12H9FNO/c1-14-11(6-3-7-12(14)15)9-4-2-5-10(13)8-9/h2-4,6-8H,1H3. The van der Waals surface area contributed by atoms with Crippen LogP contribution in [0.2, 0.25) is 0 Å². The smallest absolute Gasteiger partial charge is 0.250 e. The fraction of sp³-hybridized carbons (Fsp3) is 0.0833. The molecule has 0 bridgehead atoms. The quantitative estimate of drug-likeness (QED) is 0.693. The highest BCUT2D eigenvalue weighted by Gasteiger charge is 2.02. The molecular formula is C12H9FNO. The predicted octanol–water partition coefficient (Wildman–Crippen LogP) is 1.99. The molecular weight excluding hydrogens is 193 g/mol. The molecule has 0 aliphatic rings. The Balaban J connectivity index is 2.64. The van der Waals surface area contributed by atoms with E-state index in [0.29, 0.717) is 11.3 Å². The van der Waals surface area contributed by atoms with Crippen LogP contribution in [0.1, 0.15) is 0 Å². The Hall–Kier alpha value is -1.90. The van der Waals surface area contributed by atoms with Crippen molar-refractivity contribution in [1.82, 2.24) is 4.57 Å². The fourth-order valence-electron chi connectivity index (χ4n) is 1.45. The van der Waals surface area contributed by atoms with Crippen molar-refractivity contribution in [1.29, 1.82) is 0 Å². The first-order chi connectivity index (χ1) is 7.18. The minimum Gasteiger partial charge on any atom is -0.311 e. The lowest BCUT2D eigenvalue weighted by Crippen LogP contribution is -2.16. The molecule has 15 heavy (non-hydrogen) atoms. The molecule has 2 rings (SSSR count). The lowest BCUT2D eigenvalue weighted by molar-refractivity contribution is 0.626. The van der Waals surface area contributed by atoms with Gasteiger partial charge in [-0.1, -0.05) is 18.2 Å². The van der Waals surface area contributed by atoms with E-state index >= 15 is 0 Å². The van der Waals surface area contributed by atoms with Crippen LogP contribution in [0, 0.1) is 11.9 Å². The molecule has 0 saturated carbocycles. The zero-order valence-corrected chi connectivity index (χ0v) is 8.20. The summed E-state index contributed by atoms with van der Waals surface area (Å²) < 4.78 is 14.4. The third kappa shape index (κ3) is 1.81. The summed E-state index contributed by atoms with van der Waals surface area (Å²) in [7, 11) is 1.66. The number of nitrogens with zero attached hydrogens (tertiary/aromatic N) is 1. The number of benzene rings is 1. The van der Waals surface area contributed by atoms with Crippen LogP contribution in [0.15, 0.2) is 41.2 Å². The van der Waals surface area contributed by atoms with Gasteiger partial charge in [0.1, 0.15) is 5.82 Å². The van der Waals surface area contributed by atoms with Crippen LogP contribution in [0.3, 0.4) is 0 Å². The largest absolute Gasteiger partial charge is 0.311 e. The van der Waals surface area contributed by atoms with Gasteiger partial charge >= 0.3 is 0 Å². The summed E-state index contributed by atoms with van der Waals surface area (Å²) >= 11 is 0. The molecule has 1 radical (unpaired) electrons. The predicted molar refractivity (Wildman–Crippen MR) is 55.9 cm³/mol. The van der Waals surface area contributed by atoms with Gasteiger partial charge in [0, 0.05) is 24.7 Å². The van der Waals surface area contributed by atoms with Gasteiger partial charge in [-0.2, -0.15) is 0 Å². The normalized spacial score (nSPS) is 10.3. The number of pyridine rings is 1. The third-order valence-corrected chi connectivity index (χ3v) is 2.25. The van der Waals surface area contributed by atoms with Gasteiger partial charge in [0.15, 0.2) is 0 Å². The van der Waals surface area contributed by atoms with Gasteiger partial charge in [-0.05, 0) is 12.1 Å². The molecule has 0 N–H and O–H groups in total. The molecule has 0 unspecified atom stereocenters. The second-order valence-electron chi connectivity index (χ2n) is 3.23. The molecule has 2 nitrogen and oxygen atoms in total. The van der Waals surface area contributed by atoms with Gasteiger partial charge in [0.25, 0.3) is 5.56 Å². The molecule has 3 heteroatoms. The van der Waals surface area contributed by atoms with E-state index in [-0.39, 0.29) is 5.56 Å². The van der Waals surface area contributed by atoms with Crippen molar-refractivity contribution in [3.05, 3.63) is 58.6 Å². The van der Waals surface area contributed by atoms with Crippen molar-refractivity contribution >= 4 is 0 Å². The van der Waals surface area contributed by atoms with Crippen LogP contribution in [-0.4, -0.2) is 4.57 Å². The Labute approximate surface area is 86.6 Å². The average Bonchev–Trinajstić information content (AvgIpc) is 2.22. The maximum Gasteiger partial charge on any atom is 0.250 e. The topological polar surface area (TPSA) is 22.0 Å². The molecule has 0 atom stereocenters. The van der Waals surface area contributed by atoms with Crippen molar-refractivity contribution in [2.24, 2.45) is 7.05 Å². The molecule has 2 aromatic rings. The van der Waals surface area contributed by atoms with Gasteiger partial charge in [-0.15, -0.1) is 0 Å². The van der Waals surface area contributed by atoms with E-state index in [9.17, 15) is 9.18 Å². The Kier molecular flexibility index (Phi) is 2.37. The summed E-state index contributed by atoms with van der Waals surface area (Å²) in [6.45, 7) is 0. The number of rotatable bonds is 1. The Bertz CT molecular complexity index is 545. The van der Waals surface area contributed by atoms with Crippen LogP contribution < -0.4 is 5.56 Å². The summed E-state index contributed by atoms with van der Waals surface area (Å²) in [4.78, 5) is 11.4. The molecule has 0 aliphatic carbocycles. The Morgan fingerprint density at radius 1 is 1.33 bits per heavy atom. The molecule has 1 heterocycles. The van der Waals surface area contributed by atoms with E-state index in [2.05, 4.69) is 6.07 Å². The maximum atomic E-state index is 12.9. The van der Waals surface area contributed by atoms with E-state index < -0.39 is 5.82 Å². The van der Waals surface area contributed by atoms with Gasteiger partial charge in [0.05, 0.1) is 5.69 Å². The molecule has 0 amide bonds. The summed E-state index contributed by atoms with van der Waals surface area (Å²) in [5, 5.41) is 0. The average molecular weight is 202 g/mol. The fourth-order valence-corrected chi connectivity index (χ4v) is 1.45. The zero-order chi connectivity index (χ0) is 10.8. The SMILES string of the molecule is Cn1c(-c2cc[c]c(F)c2)cccc1=O. The van der Waals surface area contributed by atoms with E-state index in [1.165, 1.54) is 22.8 Å². The van der Waals surface area contributed by atoms with Crippen LogP contribution in [0.5, 0.6) is 0 Å². The number of hydrogen-bond donors (Lipinski definition) is 0. The first-order valence-electron chi connectivity index (χ1n) is 4.52. The van der Waals surface area contributed by atoms with E-state index in [0.717, 1.165) is 0 Å². The van der Waals surface area contributed by atoms with Crippen LogP contribution in [-0.2, 0) is 7.05 Å². The number of aromatic nitrogens is 1. The maximum absolute atomic E-state index is 12.9. The molecule has 0 spiro atoms. The van der Waals surface area contributed by atoms with Crippen molar-refractivity contribution in [2.75, 3.05) is 0 Å². The van der Waals surface area contributed by atoms with Crippen molar-refractivity contribution in [3.8, 4) is 11.3 Å². The summed E-state index contributed by atoms with van der Waals surface area (Å²) in [6, 6.07) is 11.9. The van der Waals surface area contributed by atoms with E-state index in [1.807, 2.05) is 0 Å².